The highest BCUT2D eigenvalue weighted by Crippen LogP contribution is 2.53. The van der Waals surface area contributed by atoms with Gasteiger partial charge in [-0.2, -0.15) is 5.10 Å². The molecule has 2 aliphatic carbocycles. The minimum absolute atomic E-state index is 0. The summed E-state index contributed by atoms with van der Waals surface area (Å²) in [7, 11) is 1.85. The number of ether oxygens (including phenoxy) is 1. The van der Waals surface area contributed by atoms with E-state index in [9.17, 15) is 0 Å². The summed E-state index contributed by atoms with van der Waals surface area (Å²) >= 11 is 0. The van der Waals surface area contributed by atoms with Crippen LogP contribution in [0.1, 0.15) is 51.0 Å². The standard InChI is InChI=1S/C19H33N5O.HI/c1-4-25-17-12-16(19(17)8-6-5-7-9-19)23-18(20-3)21-10-11-24-14-15(2)13-22-24;/h13-14,16-17H,4-12H2,1-3H3,(H2,20,21,23);1H. The van der Waals surface area contributed by atoms with E-state index in [1.165, 1.54) is 37.7 Å². The molecule has 0 amide bonds. The molecule has 2 fully saturated rings. The molecule has 26 heavy (non-hydrogen) atoms. The molecule has 1 heterocycles. The van der Waals surface area contributed by atoms with E-state index in [4.69, 9.17) is 4.74 Å². The van der Waals surface area contributed by atoms with Gasteiger partial charge in [-0.15, -0.1) is 24.0 Å². The first-order valence-electron chi connectivity index (χ1n) is 9.76. The Bertz CT molecular complexity index is 582. The smallest absolute Gasteiger partial charge is 0.191 e. The Morgan fingerprint density at radius 2 is 2.15 bits per heavy atom. The van der Waals surface area contributed by atoms with Crippen LogP contribution in [0, 0.1) is 12.3 Å². The van der Waals surface area contributed by atoms with Crippen molar-refractivity contribution in [3.05, 3.63) is 18.0 Å². The average molecular weight is 475 g/mol. The fourth-order valence-electron chi connectivity index (χ4n) is 4.50. The summed E-state index contributed by atoms with van der Waals surface area (Å²) in [4.78, 5) is 4.42. The third-order valence-electron chi connectivity index (χ3n) is 5.87. The lowest BCUT2D eigenvalue weighted by atomic mass is 9.55. The Labute approximate surface area is 174 Å². The van der Waals surface area contributed by atoms with Crippen LogP contribution >= 0.6 is 24.0 Å². The number of rotatable bonds is 6. The van der Waals surface area contributed by atoms with Gasteiger partial charge in [0.2, 0.25) is 0 Å². The van der Waals surface area contributed by atoms with Crippen LogP contribution in [0.2, 0.25) is 0 Å². The van der Waals surface area contributed by atoms with E-state index in [2.05, 4.69) is 40.8 Å². The summed E-state index contributed by atoms with van der Waals surface area (Å²) in [6.45, 7) is 6.64. The van der Waals surface area contributed by atoms with Gasteiger partial charge in [-0.05, 0) is 38.7 Å². The maximum Gasteiger partial charge on any atom is 0.191 e. The van der Waals surface area contributed by atoms with Gasteiger partial charge in [0.05, 0.1) is 18.8 Å². The number of hydrogen-bond acceptors (Lipinski definition) is 3. The van der Waals surface area contributed by atoms with Crippen LogP contribution in [0.25, 0.3) is 0 Å². The van der Waals surface area contributed by atoms with Crippen LogP contribution in [0.4, 0.5) is 0 Å². The number of nitrogens with one attached hydrogen (secondary N) is 2. The number of aromatic nitrogens is 2. The monoisotopic (exact) mass is 475 g/mol. The molecular formula is C19H34IN5O. The van der Waals surface area contributed by atoms with Gasteiger partial charge in [-0.1, -0.05) is 19.3 Å². The molecule has 2 aliphatic rings. The molecule has 3 rings (SSSR count). The van der Waals surface area contributed by atoms with Crippen LogP contribution < -0.4 is 10.6 Å². The van der Waals surface area contributed by atoms with E-state index < -0.39 is 0 Å². The van der Waals surface area contributed by atoms with Crippen LogP contribution in [0.3, 0.4) is 0 Å². The predicted molar refractivity (Wildman–Crippen MR) is 116 cm³/mol. The molecule has 2 N–H and O–H groups in total. The molecule has 7 heteroatoms. The number of nitrogens with zero attached hydrogens (tertiary/aromatic N) is 3. The van der Waals surface area contributed by atoms with Crippen molar-refractivity contribution in [2.75, 3.05) is 20.2 Å². The van der Waals surface area contributed by atoms with E-state index in [0.717, 1.165) is 32.1 Å². The fraction of sp³-hybridized carbons (Fsp3) is 0.789. The van der Waals surface area contributed by atoms with Crippen LogP contribution in [-0.4, -0.2) is 48.1 Å². The minimum Gasteiger partial charge on any atom is -0.378 e. The summed E-state index contributed by atoms with van der Waals surface area (Å²) in [6.07, 6.45) is 12.0. The molecule has 0 saturated heterocycles. The zero-order valence-electron chi connectivity index (χ0n) is 16.3. The lowest BCUT2D eigenvalue weighted by Crippen LogP contribution is -2.66. The zero-order chi connectivity index (χ0) is 17.7. The molecular weight excluding hydrogens is 441 g/mol. The second kappa shape index (κ2) is 9.92. The van der Waals surface area contributed by atoms with Gasteiger partial charge >= 0.3 is 0 Å². The van der Waals surface area contributed by atoms with E-state index in [-0.39, 0.29) is 24.0 Å². The molecule has 1 spiro atoms. The third-order valence-corrected chi connectivity index (χ3v) is 5.87. The molecule has 0 radical (unpaired) electrons. The largest absolute Gasteiger partial charge is 0.378 e. The Hall–Kier alpha value is -0.830. The SMILES string of the molecule is CCOC1CC(NC(=NC)NCCn2cc(C)cn2)C12CCCCC2.I. The van der Waals surface area contributed by atoms with E-state index in [1.807, 2.05) is 17.9 Å². The molecule has 2 atom stereocenters. The maximum absolute atomic E-state index is 6.05. The average Bonchev–Trinajstić information content (AvgIpc) is 3.05. The number of aryl methyl sites for hydroxylation is 1. The highest BCUT2D eigenvalue weighted by molar-refractivity contribution is 14.0. The summed E-state index contributed by atoms with van der Waals surface area (Å²) < 4.78 is 8.01. The van der Waals surface area contributed by atoms with Gasteiger partial charge in [0, 0.05) is 37.9 Å². The molecule has 0 aliphatic heterocycles. The van der Waals surface area contributed by atoms with Gasteiger partial charge in [0.25, 0.3) is 0 Å². The first kappa shape index (κ1) is 21.5. The van der Waals surface area contributed by atoms with Crippen LogP contribution in [-0.2, 0) is 11.3 Å². The van der Waals surface area contributed by atoms with Crippen LogP contribution in [0.5, 0.6) is 0 Å². The van der Waals surface area contributed by atoms with Gasteiger partial charge < -0.3 is 15.4 Å². The third kappa shape index (κ3) is 4.71. The van der Waals surface area contributed by atoms with Gasteiger partial charge in [0.15, 0.2) is 5.96 Å². The number of aliphatic imine (C=N–C) groups is 1. The topological polar surface area (TPSA) is 63.5 Å². The summed E-state index contributed by atoms with van der Waals surface area (Å²) in [5.41, 5.74) is 1.50. The molecule has 0 aromatic carbocycles. The quantitative estimate of drug-likeness (QED) is 0.377. The lowest BCUT2D eigenvalue weighted by molar-refractivity contribution is -0.145. The Balaban J connectivity index is 0.00000243. The van der Waals surface area contributed by atoms with E-state index in [0.29, 0.717) is 17.6 Å². The molecule has 1 aromatic heterocycles. The van der Waals surface area contributed by atoms with Gasteiger partial charge in [-0.3, -0.25) is 9.67 Å². The fourth-order valence-corrected chi connectivity index (χ4v) is 4.50. The molecule has 1 aromatic rings. The molecule has 2 saturated carbocycles. The number of hydrogen-bond donors (Lipinski definition) is 2. The number of guanidine groups is 1. The molecule has 148 valence electrons. The highest BCUT2D eigenvalue weighted by atomic mass is 127. The minimum atomic E-state index is 0. The van der Waals surface area contributed by atoms with E-state index in [1.54, 1.807) is 0 Å². The summed E-state index contributed by atoms with van der Waals surface area (Å²) in [5, 5.41) is 11.4. The summed E-state index contributed by atoms with van der Waals surface area (Å²) in [5.74, 6) is 0.897. The molecule has 0 bridgehead atoms. The van der Waals surface area contributed by atoms with Crippen molar-refractivity contribution < 1.29 is 4.74 Å². The normalized spacial score (nSPS) is 24.7. The maximum atomic E-state index is 6.05. The van der Waals surface area contributed by atoms with Crippen LogP contribution in [0.15, 0.2) is 17.4 Å². The van der Waals surface area contributed by atoms with Crippen molar-refractivity contribution >= 4 is 29.9 Å². The van der Waals surface area contributed by atoms with Crippen molar-refractivity contribution in [2.45, 2.75) is 71.1 Å². The first-order chi connectivity index (χ1) is 12.2. The Kier molecular flexibility index (Phi) is 8.19. The predicted octanol–water partition coefficient (Wildman–Crippen LogP) is 3.10. The van der Waals surface area contributed by atoms with Crippen molar-refractivity contribution in [1.29, 1.82) is 0 Å². The second-order valence-corrected chi connectivity index (χ2v) is 7.45. The Morgan fingerprint density at radius 3 is 2.77 bits per heavy atom. The van der Waals surface area contributed by atoms with Crippen molar-refractivity contribution in [3.63, 3.8) is 0 Å². The van der Waals surface area contributed by atoms with Gasteiger partial charge in [0.1, 0.15) is 0 Å². The molecule has 2 unspecified atom stereocenters. The Morgan fingerprint density at radius 1 is 1.38 bits per heavy atom. The van der Waals surface area contributed by atoms with Crippen molar-refractivity contribution in [2.24, 2.45) is 10.4 Å². The van der Waals surface area contributed by atoms with Crippen molar-refractivity contribution in [1.82, 2.24) is 20.4 Å². The first-order valence-corrected chi connectivity index (χ1v) is 9.76. The summed E-state index contributed by atoms with van der Waals surface area (Å²) in [6, 6.07) is 0.475. The lowest BCUT2D eigenvalue weighted by Gasteiger charge is -2.57. The number of halogens is 1. The van der Waals surface area contributed by atoms with E-state index >= 15 is 0 Å². The highest BCUT2D eigenvalue weighted by Gasteiger charge is 2.55. The van der Waals surface area contributed by atoms with Gasteiger partial charge in [-0.25, -0.2) is 0 Å². The second-order valence-electron chi connectivity index (χ2n) is 7.45. The molecule has 6 nitrogen and oxygen atoms in total. The zero-order valence-corrected chi connectivity index (χ0v) is 18.7. The van der Waals surface area contributed by atoms with Crippen molar-refractivity contribution in [3.8, 4) is 0 Å².